The molecule has 2 N–H and O–H groups in total. The molecule has 2 heterocycles. The number of H-pyrrole nitrogens is 1. The average molecular weight is 462 g/mol. The number of fused-ring (bicyclic) bond motifs is 1. The van der Waals surface area contributed by atoms with Gasteiger partial charge in [0, 0.05) is 16.5 Å². The Morgan fingerprint density at radius 1 is 1.12 bits per heavy atom. The number of furan rings is 1. The van der Waals surface area contributed by atoms with Crippen LogP contribution in [0.15, 0.2) is 82.2 Å². The normalized spacial score (nSPS) is 11.8. The fraction of sp³-hybridized carbons (Fsp3) is 0.231. The van der Waals surface area contributed by atoms with Crippen molar-refractivity contribution < 1.29 is 9.15 Å². The van der Waals surface area contributed by atoms with Crippen LogP contribution in [0.5, 0.6) is 5.75 Å². The number of aromatic nitrogens is 1. The molecule has 170 valence electrons. The van der Waals surface area contributed by atoms with Gasteiger partial charge in [-0.15, -0.1) is 0 Å². The Bertz CT molecular complexity index is 1270. The predicted molar refractivity (Wildman–Crippen MR) is 134 cm³/mol. The van der Waals surface area contributed by atoms with Crippen molar-refractivity contribution in [2.75, 3.05) is 6.61 Å². The highest BCUT2D eigenvalue weighted by atomic mass is 32.1. The molecule has 1 unspecified atom stereocenters. The van der Waals surface area contributed by atoms with Crippen LogP contribution < -0.4 is 15.6 Å². The molecule has 0 saturated heterocycles. The number of hydrogen-bond donors (Lipinski definition) is 2. The molecule has 0 saturated carbocycles. The molecular formula is C26H27N3O3S. The lowest BCUT2D eigenvalue weighted by Crippen LogP contribution is -2.41. The summed E-state index contributed by atoms with van der Waals surface area (Å²) in [5.74, 6) is 1.53. The highest BCUT2D eigenvalue weighted by Gasteiger charge is 2.17. The quantitative estimate of drug-likeness (QED) is 0.353. The minimum Gasteiger partial charge on any atom is -0.494 e. The van der Waals surface area contributed by atoms with Crippen LogP contribution in [0, 0.1) is 0 Å². The molecule has 0 bridgehead atoms. The summed E-state index contributed by atoms with van der Waals surface area (Å²) in [6.07, 6.45) is 1.63. The fourth-order valence-corrected chi connectivity index (χ4v) is 4.01. The Morgan fingerprint density at radius 3 is 2.67 bits per heavy atom. The van der Waals surface area contributed by atoms with E-state index in [2.05, 4.69) is 29.4 Å². The highest BCUT2D eigenvalue weighted by Crippen LogP contribution is 2.20. The van der Waals surface area contributed by atoms with Gasteiger partial charge in [-0.05, 0) is 68.0 Å². The van der Waals surface area contributed by atoms with E-state index in [4.69, 9.17) is 21.4 Å². The number of thiocarbonyl (C=S) groups is 1. The van der Waals surface area contributed by atoms with Crippen LogP contribution in [-0.2, 0) is 13.1 Å². The second-order valence-electron chi connectivity index (χ2n) is 7.82. The average Bonchev–Trinajstić information content (AvgIpc) is 3.33. The van der Waals surface area contributed by atoms with Gasteiger partial charge in [-0.1, -0.05) is 30.3 Å². The molecule has 1 atom stereocenters. The van der Waals surface area contributed by atoms with Crippen molar-refractivity contribution in [2.24, 2.45) is 0 Å². The predicted octanol–water partition coefficient (Wildman–Crippen LogP) is 5.16. The molecule has 4 aromatic rings. The van der Waals surface area contributed by atoms with Gasteiger partial charge in [-0.3, -0.25) is 4.79 Å². The monoisotopic (exact) mass is 461 g/mol. The number of nitrogens with zero attached hydrogens (tertiary/aromatic N) is 1. The van der Waals surface area contributed by atoms with Crippen LogP contribution in [-0.4, -0.2) is 21.6 Å². The topological polar surface area (TPSA) is 70.5 Å². The van der Waals surface area contributed by atoms with Crippen molar-refractivity contribution in [1.29, 1.82) is 0 Å². The van der Waals surface area contributed by atoms with Crippen molar-refractivity contribution in [3.05, 3.63) is 100 Å². The molecule has 0 aliphatic carbocycles. The number of rotatable bonds is 8. The van der Waals surface area contributed by atoms with E-state index >= 15 is 0 Å². The van der Waals surface area contributed by atoms with E-state index in [9.17, 15) is 4.79 Å². The molecule has 7 heteroatoms. The summed E-state index contributed by atoms with van der Waals surface area (Å²) in [6, 6.07) is 21.4. The third-order valence-electron chi connectivity index (χ3n) is 5.42. The van der Waals surface area contributed by atoms with Crippen LogP contribution >= 0.6 is 12.2 Å². The first-order chi connectivity index (χ1) is 16.0. The molecule has 0 radical (unpaired) electrons. The molecule has 2 aromatic carbocycles. The summed E-state index contributed by atoms with van der Waals surface area (Å²) in [7, 11) is 0. The van der Waals surface area contributed by atoms with Crippen LogP contribution in [0.4, 0.5) is 0 Å². The molecule has 0 aliphatic heterocycles. The van der Waals surface area contributed by atoms with E-state index in [1.54, 1.807) is 6.26 Å². The molecule has 33 heavy (non-hydrogen) atoms. The summed E-state index contributed by atoms with van der Waals surface area (Å²) in [5.41, 5.74) is 2.36. The van der Waals surface area contributed by atoms with Gasteiger partial charge < -0.3 is 24.4 Å². The van der Waals surface area contributed by atoms with E-state index in [1.807, 2.05) is 66.4 Å². The number of benzene rings is 2. The first-order valence-electron chi connectivity index (χ1n) is 10.9. The molecule has 0 fully saturated rings. The maximum absolute atomic E-state index is 12.8. The number of pyridine rings is 1. The second-order valence-corrected chi connectivity index (χ2v) is 8.21. The van der Waals surface area contributed by atoms with Gasteiger partial charge >= 0.3 is 0 Å². The maximum atomic E-state index is 12.8. The molecule has 2 aromatic heterocycles. The zero-order chi connectivity index (χ0) is 23.2. The highest BCUT2D eigenvalue weighted by molar-refractivity contribution is 7.80. The SMILES string of the molecule is CCOc1ccc2[nH]c(=O)c(CN(Cc3ccco3)C(=S)NC(C)c3ccccc3)cc2c1. The number of ether oxygens (including phenoxy) is 1. The third-order valence-corrected chi connectivity index (χ3v) is 5.79. The first-order valence-corrected chi connectivity index (χ1v) is 11.4. The number of aromatic amines is 1. The number of hydrogen-bond acceptors (Lipinski definition) is 4. The zero-order valence-corrected chi connectivity index (χ0v) is 19.5. The van der Waals surface area contributed by atoms with Crippen molar-refractivity contribution in [3.8, 4) is 5.75 Å². The molecule has 4 rings (SSSR count). The molecule has 0 spiro atoms. The second kappa shape index (κ2) is 10.4. The van der Waals surface area contributed by atoms with Gasteiger partial charge in [0.1, 0.15) is 11.5 Å². The number of nitrogens with one attached hydrogen (secondary N) is 2. The largest absolute Gasteiger partial charge is 0.494 e. The summed E-state index contributed by atoms with van der Waals surface area (Å²) in [4.78, 5) is 17.8. The van der Waals surface area contributed by atoms with Gasteiger partial charge in [0.25, 0.3) is 5.56 Å². The third kappa shape index (κ3) is 5.62. The smallest absolute Gasteiger partial charge is 0.253 e. The Balaban J connectivity index is 1.60. The Hall–Kier alpha value is -3.58. The van der Waals surface area contributed by atoms with E-state index < -0.39 is 0 Å². The summed E-state index contributed by atoms with van der Waals surface area (Å²) < 4.78 is 11.2. The molecular weight excluding hydrogens is 434 g/mol. The minimum atomic E-state index is -0.144. The first kappa shape index (κ1) is 22.6. The maximum Gasteiger partial charge on any atom is 0.253 e. The summed E-state index contributed by atoms with van der Waals surface area (Å²) in [5, 5.41) is 4.85. The molecule has 0 aliphatic rings. The Labute approximate surface area is 198 Å². The van der Waals surface area contributed by atoms with Crippen molar-refractivity contribution in [3.63, 3.8) is 0 Å². The molecule has 6 nitrogen and oxygen atoms in total. The van der Waals surface area contributed by atoms with Crippen molar-refractivity contribution in [1.82, 2.24) is 15.2 Å². The molecule has 0 amide bonds. The lowest BCUT2D eigenvalue weighted by atomic mass is 10.1. The van der Waals surface area contributed by atoms with E-state index in [0.29, 0.717) is 30.4 Å². The van der Waals surface area contributed by atoms with E-state index in [1.165, 1.54) is 0 Å². The van der Waals surface area contributed by atoms with Gasteiger partial charge in [0.2, 0.25) is 0 Å². The van der Waals surface area contributed by atoms with E-state index in [-0.39, 0.29) is 11.6 Å². The standard InChI is InChI=1S/C26H27N3O3S/c1-3-31-22-11-12-24-20(15-22)14-21(25(30)28-24)16-29(17-23-10-7-13-32-23)26(33)27-18(2)19-8-5-4-6-9-19/h4-15,18H,3,16-17H2,1-2H3,(H,27,33)(H,28,30). The minimum absolute atomic E-state index is 0.0152. The Kier molecular flexibility index (Phi) is 7.10. The fourth-order valence-electron chi connectivity index (χ4n) is 3.70. The van der Waals surface area contributed by atoms with Crippen molar-refractivity contribution >= 4 is 28.2 Å². The van der Waals surface area contributed by atoms with Crippen LogP contribution in [0.3, 0.4) is 0 Å². The van der Waals surface area contributed by atoms with Crippen molar-refractivity contribution in [2.45, 2.75) is 33.0 Å². The van der Waals surface area contributed by atoms with Crippen LogP contribution in [0.2, 0.25) is 0 Å². The zero-order valence-electron chi connectivity index (χ0n) is 18.7. The summed E-state index contributed by atoms with van der Waals surface area (Å²) >= 11 is 5.76. The lowest BCUT2D eigenvalue weighted by Gasteiger charge is -2.27. The van der Waals surface area contributed by atoms with Crippen LogP contribution in [0.1, 0.15) is 36.8 Å². The van der Waals surface area contributed by atoms with Gasteiger partial charge in [0.05, 0.1) is 32.0 Å². The lowest BCUT2D eigenvalue weighted by molar-refractivity contribution is 0.340. The van der Waals surface area contributed by atoms with E-state index in [0.717, 1.165) is 28.0 Å². The van der Waals surface area contributed by atoms with Gasteiger partial charge in [-0.2, -0.15) is 0 Å². The Morgan fingerprint density at radius 2 is 1.94 bits per heavy atom. The summed E-state index contributed by atoms with van der Waals surface area (Å²) in [6.45, 7) is 5.36. The van der Waals surface area contributed by atoms with Gasteiger partial charge in [0.15, 0.2) is 5.11 Å². The van der Waals surface area contributed by atoms with Gasteiger partial charge in [-0.25, -0.2) is 0 Å². The van der Waals surface area contributed by atoms with Crippen LogP contribution in [0.25, 0.3) is 10.9 Å².